The summed E-state index contributed by atoms with van der Waals surface area (Å²) in [6.07, 6.45) is 6.13. The first-order valence-corrected chi connectivity index (χ1v) is 5.91. The Balaban J connectivity index is 2.40. The monoisotopic (exact) mass is 205 g/mol. The molecule has 0 radical (unpaired) electrons. The van der Waals surface area contributed by atoms with Crippen molar-refractivity contribution in [1.82, 2.24) is 9.97 Å². The van der Waals surface area contributed by atoms with Crippen molar-refractivity contribution in [3.05, 3.63) is 17.1 Å². The molecule has 1 aromatic heterocycles. The maximum atomic E-state index is 4.57. The molecular formula is C12H19N3. The number of rotatable bonds is 2. The summed E-state index contributed by atoms with van der Waals surface area (Å²) < 4.78 is 0. The van der Waals surface area contributed by atoms with Crippen LogP contribution in [0, 0.1) is 6.92 Å². The summed E-state index contributed by atoms with van der Waals surface area (Å²) in [6, 6.07) is 0. The number of aryl methyl sites for hydroxylation is 2. The van der Waals surface area contributed by atoms with Gasteiger partial charge >= 0.3 is 0 Å². The van der Waals surface area contributed by atoms with E-state index in [-0.39, 0.29) is 0 Å². The van der Waals surface area contributed by atoms with E-state index in [4.69, 9.17) is 0 Å². The Morgan fingerprint density at radius 2 is 1.93 bits per heavy atom. The Hall–Kier alpha value is -1.12. The molecule has 1 aromatic rings. The topological polar surface area (TPSA) is 37.8 Å². The van der Waals surface area contributed by atoms with E-state index in [0.717, 1.165) is 31.0 Å². The van der Waals surface area contributed by atoms with E-state index in [1.165, 1.54) is 30.5 Å². The van der Waals surface area contributed by atoms with Gasteiger partial charge in [-0.3, -0.25) is 0 Å². The largest absolute Gasteiger partial charge is 0.370 e. The Labute approximate surface area is 91.3 Å². The third-order valence-electron chi connectivity index (χ3n) is 2.89. The zero-order chi connectivity index (χ0) is 10.7. The fourth-order valence-electron chi connectivity index (χ4n) is 2.21. The first-order valence-electron chi connectivity index (χ1n) is 5.91. The molecule has 82 valence electrons. The van der Waals surface area contributed by atoms with Crippen LogP contribution in [0.5, 0.6) is 0 Å². The van der Waals surface area contributed by atoms with Crippen LogP contribution in [-0.4, -0.2) is 16.5 Å². The minimum Gasteiger partial charge on any atom is -0.370 e. The summed E-state index contributed by atoms with van der Waals surface area (Å²) in [5.41, 5.74) is 2.64. The molecule has 3 nitrogen and oxygen atoms in total. The molecular weight excluding hydrogens is 186 g/mol. The minimum atomic E-state index is 0.895. The van der Waals surface area contributed by atoms with Crippen molar-refractivity contribution in [2.24, 2.45) is 0 Å². The van der Waals surface area contributed by atoms with Crippen LogP contribution < -0.4 is 5.32 Å². The molecule has 0 bridgehead atoms. The summed E-state index contributed by atoms with van der Waals surface area (Å²) in [6.45, 7) is 5.02. The van der Waals surface area contributed by atoms with Crippen molar-refractivity contribution in [2.75, 3.05) is 11.9 Å². The third-order valence-corrected chi connectivity index (χ3v) is 2.89. The molecule has 0 atom stereocenters. The zero-order valence-electron chi connectivity index (χ0n) is 9.64. The Morgan fingerprint density at radius 1 is 1.13 bits per heavy atom. The molecule has 1 aliphatic carbocycles. The van der Waals surface area contributed by atoms with Crippen LogP contribution in [0.2, 0.25) is 0 Å². The van der Waals surface area contributed by atoms with Crippen molar-refractivity contribution >= 4 is 5.82 Å². The van der Waals surface area contributed by atoms with Crippen molar-refractivity contribution in [2.45, 2.75) is 46.0 Å². The Kier molecular flexibility index (Phi) is 3.19. The van der Waals surface area contributed by atoms with Crippen molar-refractivity contribution in [3.63, 3.8) is 0 Å². The van der Waals surface area contributed by atoms with Gasteiger partial charge in [0.2, 0.25) is 0 Å². The number of hydrogen-bond acceptors (Lipinski definition) is 3. The minimum absolute atomic E-state index is 0.895. The number of nitrogens with one attached hydrogen (secondary N) is 1. The average Bonchev–Trinajstić information content (AvgIpc) is 2.43. The van der Waals surface area contributed by atoms with Crippen LogP contribution in [0.25, 0.3) is 0 Å². The highest BCUT2D eigenvalue weighted by atomic mass is 15.0. The van der Waals surface area contributed by atoms with E-state index in [1.54, 1.807) is 0 Å². The molecule has 0 aliphatic heterocycles. The van der Waals surface area contributed by atoms with Gasteiger partial charge in [0.05, 0.1) is 0 Å². The van der Waals surface area contributed by atoms with Gasteiger partial charge in [-0.2, -0.15) is 0 Å². The number of aromatic nitrogens is 2. The maximum absolute atomic E-state index is 4.57. The second-order valence-corrected chi connectivity index (χ2v) is 4.14. The average molecular weight is 205 g/mol. The number of hydrogen-bond donors (Lipinski definition) is 1. The molecule has 0 fully saturated rings. The quantitative estimate of drug-likeness (QED) is 0.754. The molecule has 15 heavy (non-hydrogen) atoms. The van der Waals surface area contributed by atoms with Crippen molar-refractivity contribution in [3.8, 4) is 0 Å². The van der Waals surface area contributed by atoms with E-state index >= 15 is 0 Å². The van der Waals surface area contributed by atoms with E-state index in [9.17, 15) is 0 Å². The normalized spacial score (nSPS) is 15.6. The summed E-state index contributed by atoms with van der Waals surface area (Å²) >= 11 is 0. The van der Waals surface area contributed by atoms with Crippen LogP contribution in [0.4, 0.5) is 5.82 Å². The van der Waals surface area contributed by atoms with Gasteiger partial charge in [0, 0.05) is 17.8 Å². The smallest absolute Gasteiger partial charge is 0.133 e. The highest BCUT2D eigenvalue weighted by Crippen LogP contribution is 2.24. The van der Waals surface area contributed by atoms with Crippen LogP contribution >= 0.6 is 0 Å². The molecule has 1 heterocycles. The number of nitrogens with zero attached hydrogens (tertiary/aromatic N) is 2. The molecule has 3 heteroatoms. The Bertz CT molecular complexity index is 347. The van der Waals surface area contributed by atoms with Crippen LogP contribution in [-0.2, 0) is 12.8 Å². The molecule has 0 spiro atoms. The fourth-order valence-corrected chi connectivity index (χ4v) is 2.21. The van der Waals surface area contributed by atoms with Crippen molar-refractivity contribution in [1.29, 1.82) is 0 Å². The van der Waals surface area contributed by atoms with Gasteiger partial charge < -0.3 is 5.32 Å². The first kappa shape index (κ1) is 10.4. The van der Waals surface area contributed by atoms with E-state index in [0.29, 0.717) is 0 Å². The van der Waals surface area contributed by atoms with Gasteiger partial charge in [-0.1, -0.05) is 6.42 Å². The highest BCUT2D eigenvalue weighted by Gasteiger charge is 2.14. The lowest BCUT2D eigenvalue weighted by atomic mass is 10.1. The maximum Gasteiger partial charge on any atom is 0.133 e. The molecule has 0 amide bonds. The molecule has 2 rings (SSSR count). The third kappa shape index (κ3) is 2.28. The van der Waals surface area contributed by atoms with Gasteiger partial charge in [-0.25, -0.2) is 9.97 Å². The lowest BCUT2D eigenvalue weighted by molar-refractivity contribution is 0.708. The second-order valence-electron chi connectivity index (χ2n) is 4.14. The zero-order valence-corrected chi connectivity index (χ0v) is 9.64. The predicted molar refractivity (Wildman–Crippen MR) is 62.2 cm³/mol. The molecule has 0 saturated carbocycles. The summed E-state index contributed by atoms with van der Waals surface area (Å²) in [7, 11) is 0. The first-order chi connectivity index (χ1) is 7.31. The van der Waals surface area contributed by atoms with Gasteiger partial charge in [0.1, 0.15) is 11.6 Å². The predicted octanol–water partition coefficient (Wildman–Crippen LogP) is 2.49. The molecule has 0 aromatic carbocycles. The van der Waals surface area contributed by atoms with Gasteiger partial charge in [0.25, 0.3) is 0 Å². The molecule has 0 unspecified atom stereocenters. The number of fused-ring (bicyclic) bond motifs is 1. The van der Waals surface area contributed by atoms with Crippen molar-refractivity contribution < 1.29 is 0 Å². The van der Waals surface area contributed by atoms with E-state index in [1.807, 2.05) is 6.92 Å². The van der Waals surface area contributed by atoms with Crippen LogP contribution in [0.3, 0.4) is 0 Å². The summed E-state index contributed by atoms with van der Waals surface area (Å²) in [5.74, 6) is 1.97. The van der Waals surface area contributed by atoms with Gasteiger partial charge in [0.15, 0.2) is 0 Å². The standard InChI is InChI=1S/C12H19N3/c1-3-13-12-10-7-5-4-6-8-11(10)14-9(2)15-12/h3-8H2,1-2H3,(H,13,14,15). The van der Waals surface area contributed by atoms with Crippen LogP contribution in [0.1, 0.15) is 43.3 Å². The molecule has 0 saturated heterocycles. The molecule has 1 aliphatic rings. The molecule has 1 N–H and O–H groups in total. The lowest BCUT2D eigenvalue weighted by Crippen LogP contribution is -2.09. The Morgan fingerprint density at radius 3 is 2.73 bits per heavy atom. The van der Waals surface area contributed by atoms with Gasteiger partial charge in [-0.05, 0) is 39.5 Å². The fraction of sp³-hybridized carbons (Fsp3) is 0.667. The SMILES string of the molecule is CCNc1nc(C)nc2c1CCCCC2. The lowest BCUT2D eigenvalue weighted by Gasteiger charge is -2.12. The second kappa shape index (κ2) is 4.60. The highest BCUT2D eigenvalue weighted by molar-refractivity contribution is 5.47. The number of anilines is 1. The van der Waals surface area contributed by atoms with E-state index < -0.39 is 0 Å². The van der Waals surface area contributed by atoms with Gasteiger partial charge in [-0.15, -0.1) is 0 Å². The van der Waals surface area contributed by atoms with Crippen LogP contribution in [0.15, 0.2) is 0 Å². The van der Waals surface area contributed by atoms with E-state index in [2.05, 4.69) is 22.2 Å². The summed E-state index contributed by atoms with van der Waals surface area (Å²) in [4.78, 5) is 9.06. The summed E-state index contributed by atoms with van der Waals surface area (Å²) in [5, 5.41) is 3.35.